The van der Waals surface area contributed by atoms with Crippen LogP contribution >= 0.6 is 0 Å². The Kier molecular flexibility index (Phi) is 4.00. The van der Waals surface area contributed by atoms with Gasteiger partial charge in [0.1, 0.15) is 6.10 Å². The molecule has 4 rings (SSSR count). The number of rotatable bonds is 3. The Morgan fingerprint density at radius 3 is 3.00 bits per heavy atom. The van der Waals surface area contributed by atoms with Crippen LogP contribution in [0.5, 0.6) is 0 Å². The third kappa shape index (κ3) is 2.69. The summed E-state index contributed by atoms with van der Waals surface area (Å²) in [6.07, 6.45) is 6.62. The summed E-state index contributed by atoms with van der Waals surface area (Å²) in [6, 6.07) is 3.89. The van der Waals surface area contributed by atoms with Crippen LogP contribution in [-0.2, 0) is 20.9 Å². The molecular weight excluding hydrogens is 306 g/mol. The Bertz CT molecular complexity index is 630. The Hall–Kier alpha value is -1.95. The molecule has 3 aliphatic rings. The van der Waals surface area contributed by atoms with E-state index in [2.05, 4.69) is 4.98 Å². The van der Waals surface area contributed by atoms with E-state index in [9.17, 15) is 9.59 Å². The first-order chi connectivity index (χ1) is 11.7. The first-order valence-electron chi connectivity index (χ1n) is 8.77. The highest BCUT2D eigenvalue weighted by Crippen LogP contribution is 2.41. The van der Waals surface area contributed by atoms with Gasteiger partial charge in [-0.3, -0.25) is 14.6 Å². The smallest absolute Gasteiger partial charge is 0.251 e. The molecule has 6 heteroatoms. The topological polar surface area (TPSA) is 62.7 Å². The third-order valence-electron chi connectivity index (χ3n) is 5.57. The molecule has 4 heterocycles. The van der Waals surface area contributed by atoms with E-state index < -0.39 is 0 Å². The molecular formula is C18H23N3O3. The number of carbonyl (C=O) groups is 2. The first kappa shape index (κ1) is 15.6. The average Bonchev–Trinajstić information content (AvgIpc) is 3.34. The van der Waals surface area contributed by atoms with E-state index in [1.54, 1.807) is 12.4 Å². The van der Waals surface area contributed by atoms with Crippen molar-refractivity contribution < 1.29 is 14.3 Å². The summed E-state index contributed by atoms with van der Waals surface area (Å²) in [6.45, 7) is 3.26. The molecule has 3 saturated heterocycles. The van der Waals surface area contributed by atoms with Gasteiger partial charge in [0, 0.05) is 45.2 Å². The summed E-state index contributed by atoms with van der Waals surface area (Å²) in [5.41, 5.74) is 0.671. The number of ether oxygens (including phenoxy) is 1. The van der Waals surface area contributed by atoms with Gasteiger partial charge >= 0.3 is 0 Å². The van der Waals surface area contributed by atoms with Gasteiger partial charge in [-0.25, -0.2) is 0 Å². The second-order valence-electron chi connectivity index (χ2n) is 7.13. The van der Waals surface area contributed by atoms with Gasteiger partial charge < -0.3 is 14.5 Å². The predicted molar refractivity (Wildman–Crippen MR) is 86.9 cm³/mol. The number of likely N-dealkylation sites (tertiary alicyclic amines) is 2. The minimum Gasteiger partial charge on any atom is -0.368 e. The lowest BCUT2D eigenvalue weighted by molar-refractivity contribution is -0.141. The van der Waals surface area contributed by atoms with Gasteiger partial charge in [-0.05, 0) is 37.3 Å². The summed E-state index contributed by atoms with van der Waals surface area (Å²) in [7, 11) is 0. The van der Waals surface area contributed by atoms with Crippen LogP contribution in [0.25, 0.3) is 0 Å². The molecule has 0 N–H and O–H groups in total. The second-order valence-corrected chi connectivity index (χ2v) is 7.13. The van der Waals surface area contributed by atoms with Crippen molar-refractivity contribution in [1.29, 1.82) is 0 Å². The van der Waals surface area contributed by atoms with Gasteiger partial charge in [-0.2, -0.15) is 0 Å². The number of hydrogen-bond donors (Lipinski definition) is 0. The Morgan fingerprint density at radius 2 is 2.25 bits per heavy atom. The lowest BCUT2D eigenvalue weighted by atomic mass is 9.85. The van der Waals surface area contributed by atoms with Gasteiger partial charge in [-0.15, -0.1) is 0 Å². The zero-order valence-electron chi connectivity index (χ0n) is 13.8. The van der Waals surface area contributed by atoms with Crippen LogP contribution in [0.1, 0.15) is 31.2 Å². The minimum atomic E-state index is -0.378. The van der Waals surface area contributed by atoms with Crippen molar-refractivity contribution in [3.05, 3.63) is 30.1 Å². The SMILES string of the molecule is O=C([C@H]1CCCO1)N1CCC2(CCN(Cc3cccnc3)C2=O)C1. The molecule has 1 aromatic rings. The van der Waals surface area contributed by atoms with Crippen LogP contribution in [0.15, 0.2) is 24.5 Å². The van der Waals surface area contributed by atoms with Gasteiger partial charge in [0.2, 0.25) is 5.91 Å². The molecule has 3 aliphatic heterocycles. The van der Waals surface area contributed by atoms with Crippen LogP contribution in [0.3, 0.4) is 0 Å². The standard InChI is InChI=1S/C18H23N3O3/c22-16(15-4-2-10-24-15)21-9-6-18(13-21)5-8-20(17(18)23)12-14-3-1-7-19-11-14/h1,3,7,11,15H,2,4-6,8-10,12-13H2/t15-,18?/m1/s1. The highest BCUT2D eigenvalue weighted by atomic mass is 16.5. The van der Waals surface area contributed by atoms with Crippen molar-refractivity contribution in [2.45, 2.75) is 38.3 Å². The minimum absolute atomic E-state index is 0.0721. The molecule has 24 heavy (non-hydrogen) atoms. The average molecular weight is 329 g/mol. The maximum atomic E-state index is 13.0. The van der Waals surface area contributed by atoms with Crippen molar-refractivity contribution >= 4 is 11.8 Å². The predicted octanol–water partition coefficient (Wildman–Crippen LogP) is 1.21. The number of hydrogen-bond acceptors (Lipinski definition) is 4. The normalized spacial score (nSPS) is 29.8. The molecule has 0 saturated carbocycles. The number of amides is 2. The zero-order chi connectivity index (χ0) is 16.6. The lowest BCUT2D eigenvalue weighted by Gasteiger charge is -2.25. The number of carbonyl (C=O) groups excluding carboxylic acids is 2. The molecule has 2 atom stereocenters. The van der Waals surface area contributed by atoms with Crippen molar-refractivity contribution in [2.75, 3.05) is 26.2 Å². The fraction of sp³-hybridized carbons (Fsp3) is 0.611. The Balaban J connectivity index is 1.41. The third-order valence-corrected chi connectivity index (χ3v) is 5.57. The molecule has 1 aromatic heterocycles. The van der Waals surface area contributed by atoms with E-state index in [0.29, 0.717) is 26.2 Å². The van der Waals surface area contributed by atoms with Crippen LogP contribution in [-0.4, -0.2) is 58.9 Å². The van der Waals surface area contributed by atoms with Crippen molar-refractivity contribution in [3.63, 3.8) is 0 Å². The van der Waals surface area contributed by atoms with E-state index in [0.717, 1.165) is 37.8 Å². The molecule has 128 valence electrons. The molecule has 0 aromatic carbocycles. The van der Waals surface area contributed by atoms with E-state index in [4.69, 9.17) is 4.74 Å². The molecule has 1 unspecified atom stereocenters. The van der Waals surface area contributed by atoms with Gasteiger partial charge in [0.25, 0.3) is 5.91 Å². The van der Waals surface area contributed by atoms with E-state index in [1.165, 1.54) is 0 Å². The van der Waals surface area contributed by atoms with Crippen molar-refractivity contribution in [3.8, 4) is 0 Å². The van der Waals surface area contributed by atoms with Crippen LogP contribution in [0.2, 0.25) is 0 Å². The molecule has 0 bridgehead atoms. The van der Waals surface area contributed by atoms with E-state index in [-0.39, 0.29) is 23.3 Å². The molecule has 3 fully saturated rings. The van der Waals surface area contributed by atoms with Gasteiger partial charge in [0.15, 0.2) is 0 Å². The maximum Gasteiger partial charge on any atom is 0.251 e. The van der Waals surface area contributed by atoms with Crippen LogP contribution in [0, 0.1) is 5.41 Å². The summed E-state index contributed by atoms with van der Waals surface area (Å²) >= 11 is 0. The van der Waals surface area contributed by atoms with Crippen molar-refractivity contribution in [2.24, 2.45) is 5.41 Å². The molecule has 2 amide bonds. The van der Waals surface area contributed by atoms with Crippen molar-refractivity contribution in [1.82, 2.24) is 14.8 Å². The number of nitrogens with zero attached hydrogens (tertiary/aromatic N) is 3. The first-order valence-corrected chi connectivity index (χ1v) is 8.77. The summed E-state index contributed by atoms with van der Waals surface area (Å²) in [4.78, 5) is 33.4. The zero-order valence-corrected chi connectivity index (χ0v) is 13.8. The second kappa shape index (κ2) is 6.16. The molecule has 6 nitrogen and oxygen atoms in total. The van der Waals surface area contributed by atoms with Crippen LogP contribution in [0.4, 0.5) is 0 Å². The van der Waals surface area contributed by atoms with E-state index in [1.807, 2.05) is 21.9 Å². The highest BCUT2D eigenvalue weighted by molar-refractivity contribution is 5.88. The Morgan fingerprint density at radius 1 is 1.38 bits per heavy atom. The van der Waals surface area contributed by atoms with Crippen LogP contribution < -0.4 is 0 Å². The molecule has 0 aliphatic carbocycles. The van der Waals surface area contributed by atoms with Gasteiger partial charge in [0.05, 0.1) is 5.41 Å². The lowest BCUT2D eigenvalue weighted by Crippen LogP contribution is -2.41. The quantitative estimate of drug-likeness (QED) is 0.836. The van der Waals surface area contributed by atoms with E-state index >= 15 is 0 Å². The molecule has 1 spiro atoms. The summed E-state index contributed by atoms with van der Waals surface area (Å²) in [5.74, 6) is 0.261. The van der Waals surface area contributed by atoms with Gasteiger partial charge in [-0.1, -0.05) is 6.07 Å². The fourth-order valence-electron chi connectivity index (χ4n) is 4.17. The molecule has 0 radical (unpaired) electrons. The summed E-state index contributed by atoms with van der Waals surface area (Å²) < 4.78 is 5.51. The Labute approximate surface area is 141 Å². The summed E-state index contributed by atoms with van der Waals surface area (Å²) in [5, 5.41) is 0. The highest BCUT2D eigenvalue weighted by Gasteiger charge is 2.52. The monoisotopic (exact) mass is 329 g/mol. The number of aromatic nitrogens is 1. The number of pyridine rings is 1. The fourth-order valence-corrected chi connectivity index (χ4v) is 4.17. The largest absolute Gasteiger partial charge is 0.368 e. The maximum absolute atomic E-state index is 13.0.